The van der Waals surface area contributed by atoms with Gasteiger partial charge in [-0.05, 0) is 48.6 Å². The second-order valence-corrected chi connectivity index (χ2v) is 5.72. The van der Waals surface area contributed by atoms with Gasteiger partial charge in [-0.3, -0.25) is 4.79 Å². The van der Waals surface area contributed by atoms with Crippen molar-refractivity contribution in [1.82, 2.24) is 0 Å². The molecule has 2 rings (SSSR count). The van der Waals surface area contributed by atoms with Crippen LogP contribution < -0.4 is 4.90 Å². The predicted molar refractivity (Wildman–Crippen MR) is 88.2 cm³/mol. The fraction of sp³-hybridized carbons (Fsp3) is 0.118. The van der Waals surface area contributed by atoms with E-state index in [2.05, 4.69) is 15.9 Å². The zero-order chi connectivity index (χ0) is 15.4. The van der Waals surface area contributed by atoms with Crippen LogP contribution in [-0.4, -0.2) is 19.9 Å². The van der Waals surface area contributed by atoms with Gasteiger partial charge in [0.1, 0.15) is 5.82 Å². The molecule has 0 N–H and O–H groups in total. The molecule has 0 radical (unpaired) electrons. The molecule has 0 fully saturated rings. The Morgan fingerprint density at radius 3 is 2.38 bits per heavy atom. The highest BCUT2D eigenvalue weighted by molar-refractivity contribution is 9.10. The molecule has 0 bridgehead atoms. The molecule has 0 saturated heterocycles. The maximum Gasteiger partial charge on any atom is 0.185 e. The zero-order valence-electron chi connectivity index (χ0n) is 11.8. The van der Waals surface area contributed by atoms with E-state index in [9.17, 15) is 9.18 Å². The van der Waals surface area contributed by atoms with Gasteiger partial charge in [-0.2, -0.15) is 0 Å². The molecular formula is C17H15BrFNO. The van der Waals surface area contributed by atoms with E-state index in [1.807, 2.05) is 31.1 Å². The standard InChI is InChI=1S/C17H15BrFNO/c1-20(2)15-8-4-13(5-9-15)17(21)10-6-12-3-7-14(18)11-16(12)19/h3-11H,1-2H3. The lowest BCUT2D eigenvalue weighted by atomic mass is 10.1. The summed E-state index contributed by atoms with van der Waals surface area (Å²) in [6.45, 7) is 0. The van der Waals surface area contributed by atoms with E-state index in [-0.39, 0.29) is 11.6 Å². The number of halogens is 2. The van der Waals surface area contributed by atoms with Gasteiger partial charge in [0.05, 0.1) is 0 Å². The number of benzene rings is 2. The van der Waals surface area contributed by atoms with E-state index in [1.165, 1.54) is 18.2 Å². The molecule has 0 amide bonds. The van der Waals surface area contributed by atoms with Gasteiger partial charge in [0.25, 0.3) is 0 Å². The summed E-state index contributed by atoms with van der Waals surface area (Å²) >= 11 is 3.20. The average Bonchev–Trinajstić information content (AvgIpc) is 2.46. The lowest BCUT2D eigenvalue weighted by Gasteiger charge is -2.11. The van der Waals surface area contributed by atoms with Crippen LogP contribution in [0.4, 0.5) is 10.1 Å². The molecule has 0 aliphatic rings. The Labute approximate surface area is 132 Å². The largest absolute Gasteiger partial charge is 0.378 e. The van der Waals surface area contributed by atoms with Gasteiger partial charge < -0.3 is 4.90 Å². The number of carbonyl (C=O) groups excluding carboxylic acids is 1. The van der Waals surface area contributed by atoms with Crippen LogP contribution in [0.1, 0.15) is 15.9 Å². The SMILES string of the molecule is CN(C)c1ccc(C(=O)C=Cc2ccc(Br)cc2F)cc1. The van der Waals surface area contributed by atoms with Crippen molar-refractivity contribution >= 4 is 33.5 Å². The average molecular weight is 348 g/mol. The first-order valence-electron chi connectivity index (χ1n) is 6.42. The van der Waals surface area contributed by atoms with Crippen LogP contribution >= 0.6 is 15.9 Å². The van der Waals surface area contributed by atoms with Crippen molar-refractivity contribution in [3.05, 3.63) is 70.0 Å². The topological polar surface area (TPSA) is 20.3 Å². The number of hydrogen-bond donors (Lipinski definition) is 0. The quantitative estimate of drug-likeness (QED) is 0.597. The second kappa shape index (κ2) is 6.68. The molecule has 0 spiro atoms. The summed E-state index contributed by atoms with van der Waals surface area (Å²) in [5, 5.41) is 0. The molecule has 2 aromatic carbocycles. The van der Waals surface area contributed by atoms with Gasteiger partial charge in [0.2, 0.25) is 0 Å². The van der Waals surface area contributed by atoms with Crippen LogP contribution in [-0.2, 0) is 0 Å². The van der Waals surface area contributed by atoms with Crippen molar-refractivity contribution in [2.45, 2.75) is 0 Å². The molecule has 4 heteroatoms. The van der Waals surface area contributed by atoms with Gasteiger partial charge in [0, 0.05) is 35.4 Å². The third kappa shape index (κ3) is 4.02. The molecule has 2 aromatic rings. The highest BCUT2D eigenvalue weighted by atomic mass is 79.9. The first kappa shape index (κ1) is 15.4. The Morgan fingerprint density at radius 2 is 1.81 bits per heavy atom. The molecule has 0 aromatic heterocycles. The molecule has 108 valence electrons. The van der Waals surface area contributed by atoms with E-state index in [0.29, 0.717) is 15.6 Å². The van der Waals surface area contributed by atoms with Crippen LogP contribution in [0.3, 0.4) is 0 Å². The van der Waals surface area contributed by atoms with Crippen molar-refractivity contribution in [1.29, 1.82) is 0 Å². The fourth-order valence-electron chi connectivity index (χ4n) is 1.82. The Bertz CT molecular complexity index is 678. The Morgan fingerprint density at radius 1 is 1.14 bits per heavy atom. The lowest BCUT2D eigenvalue weighted by molar-refractivity contribution is 0.104. The van der Waals surface area contributed by atoms with Gasteiger partial charge in [-0.1, -0.05) is 22.0 Å². The van der Waals surface area contributed by atoms with E-state index in [0.717, 1.165) is 5.69 Å². The Balaban J connectivity index is 2.15. The number of hydrogen-bond acceptors (Lipinski definition) is 2. The number of carbonyl (C=O) groups is 1. The number of rotatable bonds is 4. The Hall–Kier alpha value is -1.94. The number of allylic oxidation sites excluding steroid dienone is 1. The second-order valence-electron chi connectivity index (χ2n) is 4.80. The molecule has 0 aliphatic heterocycles. The fourth-order valence-corrected chi connectivity index (χ4v) is 2.16. The summed E-state index contributed by atoms with van der Waals surface area (Å²) in [4.78, 5) is 14.0. The summed E-state index contributed by atoms with van der Waals surface area (Å²) in [5.41, 5.74) is 1.99. The van der Waals surface area contributed by atoms with Crippen molar-refractivity contribution in [3.63, 3.8) is 0 Å². The normalized spacial score (nSPS) is 10.9. The van der Waals surface area contributed by atoms with Crippen molar-refractivity contribution < 1.29 is 9.18 Å². The van der Waals surface area contributed by atoms with E-state index >= 15 is 0 Å². The highest BCUT2D eigenvalue weighted by Crippen LogP contribution is 2.17. The Kier molecular flexibility index (Phi) is 4.91. The smallest absolute Gasteiger partial charge is 0.185 e. The van der Waals surface area contributed by atoms with Crippen LogP contribution in [0.25, 0.3) is 6.08 Å². The van der Waals surface area contributed by atoms with Crippen LogP contribution in [0.15, 0.2) is 53.0 Å². The minimum absolute atomic E-state index is 0.150. The minimum atomic E-state index is -0.364. The van der Waals surface area contributed by atoms with Crippen LogP contribution in [0, 0.1) is 5.82 Å². The molecular weight excluding hydrogens is 333 g/mol. The minimum Gasteiger partial charge on any atom is -0.378 e. The van der Waals surface area contributed by atoms with E-state index in [4.69, 9.17) is 0 Å². The van der Waals surface area contributed by atoms with E-state index < -0.39 is 0 Å². The molecule has 0 heterocycles. The molecule has 0 aliphatic carbocycles. The molecule has 21 heavy (non-hydrogen) atoms. The maximum atomic E-state index is 13.6. The molecule has 0 atom stereocenters. The van der Waals surface area contributed by atoms with Gasteiger partial charge in [0.15, 0.2) is 5.78 Å². The van der Waals surface area contributed by atoms with Crippen molar-refractivity contribution in [2.75, 3.05) is 19.0 Å². The van der Waals surface area contributed by atoms with E-state index in [1.54, 1.807) is 24.3 Å². The van der Waals surface area contributed by atoms with Gasteiger partial charge in [-0.25, -0.2) is 4.39 Å². The lowest BCUT2D eigenvalue weighted by Crippen LogP contribution is -2.08. The zero-order valence-corrected chi connectivity index (χ0v) is 13.4. The first-order chi connectivity index (χ1) is 9.97. The third-order valence-electron chi connectivity index (χ3n) is 3.04. The molecule has 0 saturated carbocycles. The summed E-state index contributed by atoms with van der Waals surface area (Å²) in [7, 11) is 3.88. The van der Waals surface area contributed by atoms with Gasteiger partial charge >= 0.3 is 0 Å². The summed E-state index contributed by atoms with van der Waals surface area (Å²) in [5.74, 6) is -0.515. The van der Waals surface area contributed by atoms with Gasteiger partial charge in [-0.15, -0.1) is 0 Å². The summed E-state index contributed by atoms with van der Waals surface area (Å²) < 4.78 is 14.3. The molecule has 2 nitrogen and oxygen atoms in total. The van der Waals surface area contributed by atoms with Crippen molar-refractivity contribution in [3.8, 4) is 0 Å². The third-order valence-corrected chi connectivity index (χ3v) is 3.54. The van der Waals surface area contributed by atoms with Crippen molar-refractivity contribution in [2.24, 2.45) is 0 Å². The summed E-state index contributed by atoms with van der Waals surface area (Å²) in [6, 6.07) is 12.0. The van der Waals surface area contributed by atoms with Crippen LogP contribution in [0.5, 0.6) is 0 Å². The van der Waals surface area contributed by atoms with Crippen LogP contribution in [0.2, 0.25) is 0 Å². The number of nitrogens with zero attached hydrogens (tertiary/aromatic N) is 1. The molecule has 0 unspecified atom stereocenters. The number of ketones is 1. The summed E-state index contributed by atoms with van der Waals surface area (Å²) in [6.07, 6.45) is 2.88. The predicted octanol–water partition coefficient (Wildman–Crippen LogP) is 4.55. The number of anilines is 1. The maximum absolute atomic E-state index is 13.6. The highest BCUT2D eigenvalue weighted by Gasteiger charge is 2.04. The first-order valence-corrected chi connectivity index (χ1v) is 7.21. The monoisotopic (exact) mass is 347 g/mol.